The fraction of sp³-hybridized carbons (Fsp3) is 0.333. The number of hydrogen-bond acceptors (Lipinski definition) is 5. The Morgan fingerprint density at radius 3 is 2.49 bits per heavy atom. The van der Waals surface area contributed by atoms with E-state index in [4.69, 9.17) is 9.72 Å². The number of nitrogens with zero attached hydrogens (tertiary/aromatic N) is 1. The Balaban J connectivity index is 1.52. The van der Waals surface area contributed by atoms with E-state index in [-0.39, 0.29) is 5.97 Å². The van der Waals surface area contributed by atoms with E-state index >= 15 is 0 Å². The number of carbonyl (C=O) groups is 1. The molecule has 0 bridgehead atoms. The lowest BCUT2D eigenvalue weighted by molar-refractivity contribution is 0.0525. The average molecular weight is 502 g/mol. The minimum atomic E-state index is -0.312. The van der Waals surface area contributed by atoms with Crippen molar-refractivity contribution in [3.8, 4) is 10.4 Å². The van der Waals surface area contributed by atoms with E-state index in [1.54, 1.807) is 0 Å². The normalized spacial score (nSPS) is 14.3. The van der Waals surface area contributed by atoms with Crippen molar-refractivity contribution in [2.75, 3.05) is 6.61 Å². The third kappa shape index (κ3) is 5.62. The van der Waals surface area contributed by atoms with Crippen molar-refractivity contribution in [3.63, 3.8) is 0 Å². The zero-order valence-electron chi connectivity index (χ0n) is 20.2. The molecule has 0 radical (unpaired) electrons. The van der Waals surface area contributed by atoms with Gasteiger partial charge in [0.05, 0.1) is 17.2 Å². The zero-order chi connectivity index (χ0) is 24.0. The molecule has 0 amide bonds. The number of benzene rings is 3. The van der Waals surface area contributed by atoms with Gasteiger partial charge in [0, 0.05) is 16.2 Å². The summed E-state index contributed by atoms with van der Waals surface area (Å²) >= 11 is 3.36. The van der Waals surface area contributed by atoms with Crippen molar-refractivity contribution >= 4 is 39.8 Å². The van der Waals surface area contributed by atoms with Crippen molar-refractivity contribution in [2.45, 2.75) is 56.1 Å². The number of hydrogen-bond donors (Lipinski definition) is 0. The highest BCUT2D eigenvalue weighted by Gasteiger charge is 2.24. The fourth-order valence-electron chi connectivity index (χ4n) is 4.98. The van der Waals surface area contributed by atoms with Gasteiger partial charge in [-0.15, -0.1) is 23.1 Å². The molecule has 0 atom stereocenters. The van der Waals surface area contributed by atoms with Gasteiger partial charge >= 0.3 is 5.97 Å². The Morgan fingerprint density at radius 2 is 1.71 bits per heavy atom. The minimum absolute atomic E-state index is 0.312. The molecule has 35 heavy (non-hydrogen) atoms. The van der Waals surface area contributed by atoms with Gasteiger partial charge in [-0.05, 0) is 41.7 Å². The van der Waals surface area contributed by atoms with Gasteiger partial charge in [-0.2, -0.15) is 0 Å². The summed E-state index contributed by atoms with van der Waals surface area (Å²) in [6.45, 7) is 2.21. The van der Waals surface area contributed by atoms with Crippen LogP contribution in [0, 0.1) is 5.92 Å². The highest BCUT2D eigenvalue weighted by molar-refractivity contribution is 7.98. The van der Waals surface area contributed by atoms with E-state index < -0.39 is 0 Å². The molecule has 1 aromatic heterocycles. The van der Waals surface area contributed by atoms with Crippen LogP contribution < -0.4 is 0 Å². The summed E-state index contributed by atoms with van der Waals surface area (Å²) < 4.78 is 5.31. The van der Waals surface area contributed by atoms with E-state index in [1.165, 1.54) is 70.2 Å². The molecule has 0 unspecified atom stereocenters. The van der Waals surface area contributed by atoms with Crippen molar-refractivity contribution in [1.82, 2.24) is 4.98 Å². The number of thioether (sulfide) groups is 1. The fourth-order valence-corrected chi connectivity index (χ4v) is 7.01. The van der Waals surface area contributed by atoms with Crippen molar-refractivity contribution in [1.29, 1.82) is 0 Å². The van der Waals surface area contributed by atoms with E-state index in [0.717, 1.165) is 22.7 Å². The van der Waals surface area contributed by atoms with Crippen molar-refractivity contribution in [3.05, 3.63) is 83.0 Å². The van der Waals surface area contributed by atoms with E-state index in [0.29, 0.717) is 17.5 Å². The van der Waals surface area contributed by atoms with Crippen LogP contribution in [-0.2, 0) is 16.9 Å². The molecule has 4 aromatic rings. The second-order valence-electron chi connectivity index (χ2n) is 9.15. The molecule has 1 aliphatic rings. The van der Waals surface area contributed by atoms with Gasteiger partial charge in [0.25, 0.3) is 0 Å². The number of carbonyl (C=O) groups excluding carboxylic acids is 1. The third-order valence-corrected chi connectivity index (χ3v) is 8.98. The summed E-state index contributed by atoms with van der Waals surface area (Å²) in [5.74, 6) is 1.27. The Labute approximate surface area is 215 Å². The Hall–Kier alpha value is -2.63. The van der Waals surface area contributed by atoms with Crippen LogP contribution in [0.5, 0.6) is 0 Å². The third-order valence-electron chi connectivity index (χ3n) is 6.72. The molecule has 3 aromatic carbocycles. The lowest BCUT2D eigenvalue weighted by Crippen LogP contribution is -2.10. The Kier molecular flexibility index (Phi) is 7.85. The predicted octanol–water partition coefficient (Wildman–Crippen LogP) is 8.56. The van der Waals surface area contributed by atoms with E-state index in [2.05, 4.69) is 66.7 Å². The van der Waals surface area contributed by atoms with Crippen LogP contribution in [0.3, 0.4) is 0 Å². The lowest BCUT2D eigenvalue weighted by Gasteiger charge is -2.21. The summed E-state index contributed by atoms with van der Waals surface area (Å²) in [6.07, 6.45) is 7.37. The van der Waals surface area contributed by atoms with Crippen LogP contribution in [0.1, 0.15) is 60.1 Å². The molecule has 5 rings (SSSR count). The first-order valence-electron chi connectivity index (χ1n) is 12.6. The largest absolute Gasteiger partial charge is 0.461 e. The summed E-state index contributed by atoms with van der Waals surface area (Å²) in [6, 6.07) is 23.7. The molecule has 1 heterocycles. The smallest absolute Gasteiger partial charge is 0.367 e. The van der Waals surface area contributed by atoms with Crippen LogP contribution in [0.15, 0.2) is 71.6 Å². The van der Waals surface area contributed by atoms with Gasteiger partial charge < -0.3 is 4.74 Å². The minimum Gasteiger partial charge on any atom is -0.461 e. The van der Waals surface area contributed by atoms with Gasteiger partial charge in [-0.25, -0.2) is 9.78 Å². The number of ether oxygens (including phenoxy) is 1. The second-order valence-corrected chi connectivity index (χ2v) is 11.2. The molecule has 1 fully saturated rings. The van der Waals surface area contributed by atoms with Gasteiger partial charge in [0.15, 0.2) is 0 Å². The maximum atomic E-state index is 12.6. The second kappa shape index (κ2) is 11.4. The molecular weight excluding hydrogens is 470 g/mol. The van der Waals surface area contributed by atoms with Crippen LogP contribution >= 0.6 is 23.1 Å². The van der Waals surface area contributed by atoms with Crippen molar-refractivity contribution in [2.24, 2.45) is 5.92 Å². The first-order valence-corrected chi connectivity index (χ1v) is 14.4. The Morgan fingerprint density at radius 1 is 0.971 bits per heavy atom. The molecule has 1 aliphatic carbocycles. The monoisotopic (exact) mass is 501 g/mol. The topological polar surface area (TPSA) is 39.2 Å². The number of aromatic nitrogens is 1. The number of rotatable bonds is 8. The number of esters is 1. The van der Waals surface area contributed by atoms with Gasteiger partial charge in [-0.1, -0.05) is 92.8 Å². The van der Waals surface area contributed by atoms with Gasteiger partial charge in [0.1, 0.15) is 0 Å². The summed E-state index contributed by atoms with van der Waals surface area (Å²) in [7, 11) is 0. The van der Waals surface area contributed by atoms with E-state index in [9.17, 15) is 4.79 Å². The molecule has 0 N–H and O–H groups in total. The Bertz CT molecular complexity index is 1290. The molecular formula is C30H31NO2S2. The van der Waals surface area contributed by atoms with Crippen LogP contribution in [0.4, 0.5) is 0 Å². The number of thiazole rings is 1. The molecule has 180 valence electrons. The number of fused-ring (bicyclic) bond motifs is 1. The van der Waals surface area contributed by atoms with Crippen LogP contribution in [0.25, 0.3) is 21.2 Å². The van der Waals surface area contributed by atoms with Gasteiger partial charge in [-0.3, -0.25) is 0 Å². The standard InChI is InChI=1S/C30H31NO2S2/c1-2-33-30(32)29-31-26(19-21-11-5-3-6-12-21)28(35-29)25-17-18-27(24-16-10-9-15-23(24)25)34-20-22-13-7-4-8-14-22/h4,7-10,13-18,21H,2-3,5-6,11-12,19-20H2,1H3. The zero-order valence-corrected chi connectivity index (χ0v) is 21.8. The van der Waals surface area contributed by atoms with E-state index in [1.807, 2.05) is 18.7 Å². The van der Waals surface area contributed by atoms with Crippen LogP contribution in [-0.4, -0.2) is 17.6 Å². The summed E-state index contributed by atoms with van der Waals surface area (Å²) in [5.41, 5.74) is 3.55. The lowest BCUT2D eigenvalue weighted by atomic mass is 9.85. The molecule has 0 saturated heterocycles. The SMILES string of the molecule is CCOC(=O)c1nc(CC2CCCCC2)c(-c2ccc(SCc3ccccc3)c3ccccc23)s1. The molecule has 1 saturated carbocycles. The summed E-state index contributed by atoms with van der Waals surface area (Å²) in [4.78, 5) is 19.8. The maximum Gasteiger partial charge on any atom is 0.367 e. The average Bonchev–Trinajstić information content (AvgIpc) is 3.32. The quantitative estimate of drug-likeness (QED) is 0.179. The molecule has 5 heteroatoms. The maximum absolute atomic E-state index is 12.6. The van der Waals surface area contributed by atoms with Crippen LogP contribution in [0.2, 0.25) is 0 Å². The van der Waals surface area contributed by atoms with Crippen molar-refractivity contribution < 1.29 is 9.53 Å². The summed E-state index contributed by atoms with van der Waals surface area (Å²) in [5, 5.41) is 2.94. The highest BCUT2D eigenvalue weighted by Crippen LogP contribution is 2.41. The highest BCUT2D eigenvalue weighted by atomic mass is 32.2. The van der Waals surface area contributed by atoms with Gasteiger partial charge in [0.2, 0.25) is 5.01 Å². The first-order chi connectivity index (χ1) is 17.2. The molecule has 0 spiro atoms. The predicted molar refractivity (Wildman–Crippen MR) is 147 cm³/mol. The molecule has 0 aliphatic heterocycles. The first kappa shape index (κ1) is 24.1. The molecule has 3 nitrogen and oxygen atoms in total.